The van der Waals surface area contributed by atoms with Gasteiger partial charge in [-0.2, -0.15) is 0 Å². The zero-order valence-electron chi connectivity index (χ0n) is 16.6. The molecule has 1 N–H and O–H groups in total. The van der Waals surface area contributed by atoms with Crippen LogP contribution in [0.1, 0.15) is 57.4 Å². The van der Waals surface area contributed by atoms with Crippen molar-refractivity contribution in [2.24, 2.45) is 7.05 Å². The number of nitrogens with zero attached hydrogens (tertiary/aromatic N) is 6. The van der Waals surface area contributed by atoms with E-state index in [1.54, 1.807) is 4.57 Å². The van der Waals surface area contributed by atoms with Gasteiger partial charge in [-0.05, 0) is 51.7 Å². The lowest BCUT2D eigenvalue weighted by Gasteiger charge is -2.26. The molecule has 28 heavy (non-hydrogen) atoms. The van der Waals surface area contributed by atoms with Crippen LogP contribution < -0.4 is 16.6 Å². The van der Waals surface area contributed by atoms with E-state index in [4.69, 9.17) is 0 Å². The SMILES string of the molecule is Cn1c(=O)c2nc(NCCCN3CCCCC3)nnc2n(C2CCCC2)c1=O. The summed E-state index contributed by atoms with van der Waals surface area (Å²) in [6.45, 7) is 4.15. The van der Waals surface area contributed by atoms with E-state index >= 15 is 0 Å². The molecule has 1 saturated carbocycles. The zero-order valence-corrected chi connectivity index (χ0v) is 16.6. The molecule has 1 saturated heterocycles. The molecule has 9 nitrogen and oxygen atoms in total. The number of fused-ring (bicyclic) bond motifs is 1. The molecule has 2 fully saturated rings. The Hall–Kier alpha value is -2.29. The molecular weight excluding hydrogens is 358 g/mol. The molecule has 9 heteroatoms. The smallest absolute Gasteiger partial charge is 0.332 e. The number of nitrogens with one attached hydrogen (secondary N) is 1. The van der Waals surface area contributed by atoms with Crippen LogP contribution in [0.5, 0.6) is 0 Å². The third-order valence-corrected chi connectivity index (χ3v) is 5.97. The van der Waals surface area contributed by atoms with Gasteiger partial charge in [-0.15, -0.1) is 10.2 Å². The van der Waals surface area contributed by atoms with Gasteiger partial charge in [-0.1, -0.05) is 19.3 Å². The Kier molecular flexibility index (Phi) is 5.70. The van der Waals surface area contributed by atoms with Crippen molar-refractivity contribution < 1.29 is 0 Å². The average molecular weight is 387 g/mol. The summed E-state index contributed by atoms with van der Waals surface area (Å²) in [6, 6.07) is 0.0706. The fourth-order valence-electron chi connectivity index (χ4n) is 4.38. The van der Waals surface area contributed by atoms with Crippen molar-refractivity contribution in [3.05, 3.63) is 20.8 Å². The maximum absolute atomic E-state index is 12.6. The molecule has 2 aromatic heterocycles. The number of piperidine rings is 1. The molecule has 4 rings (SSSR count). The number of likely N-dealkylation sites (tertiary alicyclic amines) is 1. The molecule has 0 radical (unpaired) electrons. The summed E-state index contributed by atoms with van der Waals surface area (Å²) in [5.41, 5.74) is -0.232. The molecule has 152 valence electrons. The largest absolute Gasteiger partial charge is 0.353 e. The van der Waals surface area contributed by atoms with Crippen molar-refractivity contribution in [3.63, 3.8) is 0 Å². The van der Waals surface area contributed by atoms with E-state index in [0.29, 0.717) is 11.6 Å². The van der Waals surface area contributed by atoms with Crippen LogP contribution in [0.15, 0.2) is 9.59 Å². The third kappa shape index (κ3) is 3.80. The quantitative estimate of drug-likeness (QED) is 0.746. The van der Waals surface area contributed by atoms with E-state index < -0.39 is 5.56 Å². The molecule has 1 aliphatic heterocycles. The summed E-state index contributed by atoms with van der Waals surface area (Å²) in [5.74, 6) is 0.347. The Morgan fingerprint density at radius 3 is 2.54 bits per heavy atom. The first-order chi connectivity index (χ1) is 13.6. The van der Waals surface area contributed by atoms with Crippen LogP contribution in [0.2, 0.25) is 0 Å². The van der Waals surface area contributed by atoms with E-state index in [2.05, 4.69) is 25.4 Å². The predicted octanol–water partition coefficient (Wildman–Crippen LogP) is 1.29. The van der Waals surface area contributed by atoms with Gasteiger partial charge in [0.05, 0.1) is 0 Å². The zero-order chi connectivity index (χ0) is 19.5. The van der Waals surface area contributed by atoms with E-state index in [1.165, 1.54) is 39.4 Å². The van der Waals surface area contributed by atoms with Crippen molar-refractivity contribution in [3.8, 4) is 0 Å². The molecule has 0 atom stereocenters. The van der Waals surface area contributed by atoms with Crippen LogP contribution in [-0.2, 0) is 7.05 Å². The van der Waals surface area contributed by atoms with Crippen LogP contribution in [0.3, 0.4) is 0 Å². The van der Waals surface area contributed by atoms with Crippen molar-refractivity contribution >= 4 is 17.1 Å². The Bertz CT molecular complexity index is 940. The van der Waals surface area contributed by atoms with Gasteiger partial charge in [-0.25, -0.2) is 9.78 Å². The number of hydrogen-bond donors (Lipinski definition) is 1. The maximum Gasteiger partial charge on any atom is 0.332 e. The van der Waals surface area contributed by atoms with Crippen molar-refractivity contribution in [1.82, 2.24) is 29.2 Å². The Balaban J connectivity index is 1.51. The summed E-state index contributed by atoms with van der Waals surface area (Å²) in [6.07, 6.45) is 8.91. The Labute approximate surface area is 163 Å². The van der Waals surface area contributed by atoms with E-state index in [1.807, 2.05) is 0 Å². The minimum Gasteiger partial charge on any atom is -0.353 e. The van der Waals surface area contributed by atoms with Gasteiger partial charge < -0.3 is 10.2 Å². The molecule has 1 aliphatic carbocycles. The van der Waals surface area contributed by atoms with Gasteiger partial charge in [-0.3, -0.25) is 13.9 Å². The number of rotatable bonds is 6. The monoisotopic (exact) mass is 387 g/mol. The second-order valence-corrected chi connectivity index (χ2v) is 7.95. The number of anilines is 1. The molecule has 2 aromatic rings. The maximum atomic E-state index is 12.6. The van der Waals surface area contributed by atoms with E-state index in [-0.39, 0.29) is 17.2 Å². The van der Waals surface area contributed by atoms with E-state index in [9.17, 15) is 9.59 Å². The first kappa shape index (κ1) is 19.0. The topological polar surface area (TPSA) is 97.9 Å². The highest BCUT2D eigenvalue weighted by atomic mass is 16.2. The Morgan fingerprint density at radius 1 is 1.04 bits per heavy atom. The molecule has 0 spiro atoms. The molecular formula is C19H29N7O2. The van der Waals surface area contributed by atoms with Gasteiger partial charge >= 0.3 is 5.69 Å². The average Bonchev–Trinajstić information content (AvgIpc) is 3.25. The van der Waals surface area contributed by atoms with Gasteiger partial charge in [0, 0.05) is 19.6 Å². The summed E-state index contributed by atoms with van der Waals surface area (Å²) < 4.78 is 2.75. The first-order valence-corrected chi connectivity index (χ1v) is 10.5. The normalized spacial score (nSPS) is 18.8. The lowest BCUT2D eigenvalue weighted by molar-refractivity contribution is 0.228. The molecule has 0 unspecified atom stereocenters. The van der Waals surface area contributed by atoms with Crippen LogP contribution in [0.25, 0.3) is 11.2 Å². The molecule has 3 heterocycles. The van der Waals surface area contributed by atoms with Crippen molar-refractivity contribution in [1.29, 1.82) is 0 Å². The minimum absolute atomic E-state index is 0.0706. The molecule has 0 amide bonds. The minimum atomic E-state index is -0.416. The van der Waals surface area contributed by atoms with Crippen LogP contribution >= 0.6 is 0 Å². The summed E-state index contributed by atoms with van der Waals surface area (Å²) in [4.78, 5) is 32.1. The highest BCUT2D eigenvalue weighted by Crippen LogP contribution is 2.29. The van der Waals surface area contributed by atoms with Crippen molar-refractivity contribution in [2.45, 2.75) is 57.4 Å². The van der Waals surface area contributed by atoms with Crippen LogP contribution in [-0.4, -0.2) is 55.4 Å². The fourth-order valence-corrected chi connectivity index (χ4v) is 4.38. The molecule has 2 aliphatic rings. The molecule has 0 bridgehead atoms. The summed E-state index contributed by atoms with van der Waals surface area (Å²) in [7, 11) is 1.50. The van der Waals surface area contributed by atoms with Gasteiger partial charge in [0.1, 0.15) is 0 Å². The summed E-state index contributed by atoms with van der Waals surface area (Å²) in [5, 5.41) is 11.5. The summed E-state index contributed by atoms with van der Waals surface area (Å²) >= 11 is 0. The van der Waals surface area contributed by atoms with Crippen molar-refractivity contribution in [2.75, 3.05) is 31.5 Å². The third-order valence-electron chi connectivity index (χ3n) is 5.97. The van der Waals surface area contributed by atoms with Gasteiger partial charge in [0.2, 0.25) is 5.95 Å². The van der Waals surface area contributed by atoms with Gasteiger partial charge in [0.25, 0.3) is 5.56 Å². The van der Waals surface area contributed by atoms with Crippen LogP contribution in [0.4, 0.5) is 5.95 Å². The number of aromatic nitrogens is 5. The Morgan fingerprint density at radius 2 is 1.79 bits per heavy atom. The second kappa shape index (κ2) is 8.38. The predicted molar refractivity (Wildman–Crippen MR) is 108 cm³/mol. The second-order valence-electron chi connectivity index (χ2n) is 7.95. The highest BCUT2D eigenvalue weighted by Gasteiger charge is 2.24. The van der Waals surface area contributed by atoms with Crippen LogP contribution in [0, 0.1) is 0 Å². The lowest BCUT2D eigenvalue weighted by atomic mass is 10.1. The lowest BCUT2D eigenvalue weighted by Crippen LogP contribution is -2.40. The first-order valence-electron chi connectivity index (χ1n) is 10.5. The highest BCUT2D eigenvalue weighted by molar-refractivity contribution is 5.69. The van der Waals surface area contributed by atoms with Gasteiger partial charge in [0.15, 0.2) is 11.2 Å². The van der Waals surface area contributed by atoms with E-state index in [0.717, 1.165) is 49.8 Å². The standard InChI is InChI=1S/C19H29N7O2/c1-24-17(27)15-16(26(19(24)28)14-8-3-4-9-14)22-23-18(21-15)20-10-7-13-25-11-5-2-6-12-25/h14H,2-13H2,1H3,(H,20,21,23). The fraction of sp³-hybridized carbons (Fsp3) is 0.737. The molecule has 0 aromatic carbocycles. The number of hydrogen-bond acceptors (Lipinski definition) is 7.